The van der Waals surface area contributed by atoms with E-state index in [0.29, 0.717) is 18.7 Å². The summed E-state index contributed by atoms with van der Waals surface area (Å²) in [6, 6.07) is 0.392. The maximum absolute atomic E-state index is 5.70. The van der Waals surface area contributed by atoms with Gasteiger partial charge in [-0.2, -0.15) is 0 Å². The molecule has 0 spiro atoms. The molecule has 1 saturated heterocycles. The molecule has 7 heteroatoms. The van der Waals surface area contributed by atoms with Crippen LogP contribution in [0.3, 0.4) is 0 Å². The minimum absolute atomic E-state index is 0.291. The van der Waals surface area contributed by atoms with Gasteiger partial charge in [0.05, 0.1) is 6.10 Å². The normalized spacial score (nSPS) is 19.2. The van der Waals surface area contributed by atoms with Gasteiger partial charge in [-0.25, -0.2) is 4.99 Å². The van der Waals surface area contributed by atoms with Crippen molar-refractivity contribution in [1.82, 2.24) is 25.4 Å². The number of unbranched alkanes of at least 4 members (excludes halogenated alkanes) is 2. The fourth-order valence-electron chi connectivity index (χ4n) is 2.91. The van der Waals surface area contributed by atoms with Crippen LogP contribution in [0.4, 0.5) is 0 Å². The van der Waals surface area contributed by atoms with Crippen LogP contribution < -0.4 is 10.6 Å². The number of ether oxygens (including phenoxy) is 1. The number of hydrogen-bond donors (Lipinski definition) is 2. The Morgan fingerprint density at radius 2 is 2.24 bits per heavy atom. The summed E-state index contributed by atoms with van der Waals surface area (Å²) in [6.07, 6.45) is 7.48. The molecule has 1 aliphatic rings. The molecule has 142 valence electrons. The molecular weight excluding hydrogens is 316 g/mol. The number of nitrogens with zero attached hydrogens (tertiary/aromatic N) is 4. The van der Waals surface area contributed by atoms with Gasteiger partial charge in [0.25, 0.3) is 0 Å². The highest BCUT2D eigenvalue weighted by molar-refractivity contribution is 5.80. The Balaban J connectivity index is 1.91. The molecule has 0 radical (unpaired) electrons. The molecule has 2 heterocycles. The number of hydrogen-bond acceptors (Lipinski definition) is 4. The first-order valence-corrected chi connectivity index (χ1v) is 9.61. The smallest absolute Gasteiger partial charge is 0.192 e. The summed E-state index contributed by atoms with van der Waals surface area (Å²) in [5.41, 5.74) is 0. The SMILES string of the molecule is CCCCCC(C)NC(=NCc1nnc(C)n1C)NCC1CCCO1. The van der Waals surface area contributed by atoms with Crippen molar-refractivity contribution in [3.05, 3.63) is 11.6 Å². The summed E-state index contributed by atoms with van der Waals surface area (Å²) in [6.45, 7) is 8.58. The van der Waals surface area contributed by atoms with Crippen molar-refractivity contribution in [2.45, 2.75) is 78.0 Å². The second-order valence-electron chi connectivity index (χ2n) is 6.94. The second-order valence-corrected chi connectivity index (χ2v) is 6.94. The molecule has 1 aromatic rings. The summed E-state index contributed by atoms with van der Waals surface area (Å²) >= 11 is 0. The Hall–Kier alpha value is -1.63. The highest BCUT2D eigenvalue weighted by Gasteiger charge is 2.16. The average molecular weight is 351 g/mol. The van der Waals surface area contributed by atoms with Gasteiger partial charge in [0, 0.05) is 26.2 Å². The van der Waals surface area contributed by atoms with E-state index in [9.17, 15) is 0 Å². The summed E-state index contributed by atoms with van der Waals surface area (Å²) in [5, 5.41) is 15.2. The molecule has 0 aliphatic carbocycles. The van der Waals surface area contributed by atoms with Crippen LogP contribution in [0.1, 0.15) is 64.0 Å². The summed E-state index contributed by atoms with van der Waals surface area (Å²) in [5.74, 6) is 2.61. The van der Waals surface area contributed by atoms with Crippen LogP contribution in [-0.4, -0.2) is 46.0 Å². The van der Waals surface area contributed by atoms with Crippen molar-refractivity contribution in [1.29, 1.82) is 0 Å². The molecule has 0 aromatic carbocycles. The zero-order valence-corrected chi connectivity index (χ0v) is 16.2. The van der Waals surface area contributed by atoms with Crippen LogP contribution >= 0.6 is 0 Å². The predicted octanol–water partition coefficient (Wildman–Crippen LogP) is 2.31. The van der Waals surface area contributed by atoms with Gasteiger partial charge in [-0.15, -0.1) is 10.2 Å². The number of guanidine groups is 1. The zero-order valence-electron chi connectivity index (χ0n) is 16.2. The summed E-state index contributed by atoms with van der Waals surface area (Å²) in [4.78, 5) is 4.71. The number of rotatable bonds is 9. The van der Waals surface area contributed by atoms with Crippen molar-refractivity contribution >= 4 is 5.96 Å². The molecule has 0 amide bonds. The van der Waals surface area contributed by atoms with E-state index < -0.39 is 0 Å². The molecule has 0 saturated carbocycles. The quantitative estimate of drug-likeness (QED) is 0.406. The minimum atomic E-state index is 0.291. The van der Waals surface area contributed by atoms with Crippen molar-refractivity contribution in [3.8, 4) is 0 Å². The van der Waals surface area contributed by atoms with Crippen LogP contribution in [0.2, 0.25) is 0 Å². The third-order valence-corrected chi connectivity index (χ3v) is 4.71. The van der Waals surface area contributed by atoms with E-state index in [-0.39, 0.29) is 0 Å². The number of aryl methyl sites for hydroxylation is 1. The monoisotopic (exact) mass is 350 g/mol. The number of aromatic nitrogens is 3. The van der Waals surface area contributed by atoms with Gasteiger partial charge in [-0.1, -0.05) is 26.2 Å². The predicted molar refractivity (Wildman–Crippen MR) is 101 cm³/mol. The Bertz CT molecular complexity index is 536. The molecule has 2 rings (SSSR count). The number of nitrogens with one attached hydrogen (secondary N) is 2. The van der Waals surface area contributed by atoms with Crippen molar-refractivity contribution in [3.63, 3.8) is 0 Å². The van der Waals surface area contributed by atoms with Gasteiger partial charge >= 0.3 is 0 Å². The number of aliphatic imine (C=N–C) groups is 1. The van der Waals surface area contributed by atoms with E-state index in [1.807, 2.05) is 18.5 Å². The maximum atomic E-state index is 5.70. The van der Waals surface area contributed by atoms with E-state index in [4.69, 9.17) is 9.73 Å². The molecule has 2 unspecified atom stereocenters. The molecule has 2 atom stereocenters. The Labute approximate surface area is 151 Å². The van der Waals surface area contributed by atoms with Crippen LogP contribution in [0.15, 0.2) is 4.99 Å². The van der Waals surface area contributed by atoms with Crippen molar-refractivity contribution < 1.29 is 4.74 Å². The fourth-order valence-corrected chi connectivity index (χ4v) is 2.91. The molecule has 0 bridgehead atoms. The molecule has 1 aromatic heterocycles. The zero-order chi connectivity index (χ0) is 18.1. The Morgan fingerprint density at radius 1 is 1.40 bits per heavy atom. The van der Waals surface area contributed by atoms with E-state index in [0.717, 1.165) is 50.0 Å². The first kappa shape index (κ1) is 19.7. The lowest BCUT2D eigenvalue weighted by atomic mass is 10.1. The lowest BCUT2D eigenvalue weighted by Crippen LogP contribution is -2.44. The summed E-state index contributed by atoms with van der Waals surface area (Å²) in [7, 11) is 1.97. The average Bonchev–Trinajstić information content (AvgIpc) is 3.22. The van der Waals surface area contributed by atoms with E-state index in [1.54, 1.807) is 0 Å². The van der Waals surface area contributed by atoms with E-state index in [1.165, 1.54) is 19.3 Å². The first-order valence-electron chi connectivity index (χ1n) is 9.61. The van der Waals surface area contributed by atoms with Gasteiger partial charge in [-0.3, -0.25) is 0 Å². The van der Waals surface area contributed by atoms with Gasteiger partial charge in [-0.05, 0) is 33.1 Å². The maximum Gasteiger partial charge on any atom is 0.192 e. The lowest BCUT2D eigenvalue weighted by molar-refractivity contribution is 0.113. The Kier molecular flexibility index (Phi) is 8.18. The van der Waals surface area contributed by atoms with Crippen LogP contribution in [0.5, 0.6) is 0 Å². The molecule has 1 fully saturated rings. The third-order valence-electron chi connectivity index (χ3n) is 4.71. The van der Waals surface area contributed by atoms with Crippen molar-refractivity contribution in [2.75, 3.05) is 13.2 Å². The van der Waals surface area contributed by atoms with E-state index in [2.05, 4.69) is 34.7 Å². The van der Waals surface area contributed by atoms with Crippen LogP contribution in [0, 0.1) is 6.92 Å². The summed E-state index contributed by atoms with van der Waals surface area (Å²) < 4.78 is 7.68. The molecule has 25 heavy (non-hydrogen) atoms. The largest absolute Gasteiger partial charge is 0.376 e. The Morgan fingerprint density at radius 3 is 2.88 bits per heavy atom. The van der Waals surface area contributed by atoms with Gasteiger partial charge in [0.1, 0.15) is 12.4 Å². The third kappa shape index (κ3) is 6.65. The highest BCUT2D eigenvalue weighted by atomic mass is 16.5. The van der Waals surface area contributed by atoms with Gasteiger partial charge in [0.2, 0.25) is 0 Å². The van der Waals surface area contributed by atoms with Crippen LogP contribution in [0.25, 0.3) is 0 Å². The topological polar surface area (TPSA) is 76.4 Å². The van der Waals surface area contributed by atoms with E-state index >= 15 is 0 Å². The molecular formula is C18H34N6O. The van der Waals surface area contributed by atoms with Gasteiger partial charge in [0.15, 0.2) is 11.8 Å². The molecule has 7 nitrogen and oxygen atoms in total. The van der Waals surface area contributed by atoms with Crippen LogP contribution in [-0.2, 0) is 18.3 Å². The fraction of sp³-hybridized carbons (Fsp3) is 0.833. The molecule has 1 aliphatic heterocycles. The minimum Gasteiger partial charge on any atom is -0.376 e. The second kappa shape index (κ2) is 10.4. The standard InChI is InChI=1S/C18H34N6O/c1-5-6-7-9-14(2)21-18(19-12-16-10-8-11-25-16)20-13-17-23-22-15(3)24(17)4/h14,16H,5-13H2,1-4H3,(H2,19,20,21). The van der Waals surface area contributed by atoms with Crippen molar-refractivity contribution in [2.24, 2.45) is 12.0 Å². The van der Waals surface area contributed by atoms with Gasteiger partial charge < -0.3 is 19.9 Å². The highest BCUT2D eigenvalue weighted by Crippen LogP contribution is 2.10. The molecule has 2 N–H and O–H groups in total. The first-order chi connectivity index (χ1) is 12.1. The lowest BCUT2D eigenvalue weighted by Gasteiger charge is -2.20.